The van der Waals surface area contributed by atoms with Crippen LogP contribution in [0.4, 0.5) is 13.2 Å². The van der Waals surface area contributed by atoms with E-state index in [0.29, 0.717) is 26.3 Å². The van der Waals surface area contributed by atoms with Gasteiger partial charge >= 0.3 is 18.0 Å². The second-order valence-corrected chi connectivity index (χ2v) is 6.78. The average Bonchev–Trinajstić information content (AvgIpc) is 2.77. The first kappa shape index (κ1) is 21.8. The molecule has 30 heavy (non-hydrogen) atoms. The van der Waals surface area contributed by atoms with Gasteiger partial charge in [-0.2, -0.15) is 13.2 Å². The van der Waals surface area contributed by atoms with Crippen LogP contribution in [0.3, 0.4) is 0 Å². The molecule has 2 fully saturated rings. The Morgan fingerprint density at radius 2 is 1.50 bits per heavy atom. The summed E-state index contributed by atoms with van der Waals surface area (Å²) < 4.78 is 46.2. The monoisotopic (exact) mass is 430 g/mol. The summed E-state index contributed by atoms with van der Waals surface area (Å²) in [5, 5.41) is 0. The lowest BCUT2D eigenvalue weighted by molar-refractivity contribution is -0.154. The van der Waals surface area contributed by atoms with Crippen molar-refractivity contribution >= 4 is 17.7 Å². The molecule has 3 heterocycles. The van der Waals surface area contributed by atoms with Crippen LogP contribution in [-0.4, -0.2) is 103 Å². The van der Waals surface area contributed by atoms with E-state index in [0.717, 1.165) is 6.20 Å². The first-order valence-corrected chi connectivity index (χ1v) is 9.35. The zero-order chi connectivity index (χ0) is 21.7. The molecule has 1 aromatic heterocycles. The highest BCUT2D eigenvalue weighted by Crippen LogP contribution is 2.18. The summed E-state index contributed by atoms with van der Waals surface area (Å²) >= 11 is 0. The molecule has 2 aliphatic heterocycles. The van der Waals surface area contributed by atoms with E-state index in [1.54, 1.807) is 0 Å². The fraction of sp³-hybridized carbons (Fsp3) is 0.556. The van der Waals surface area contributed by atoms with Crippen LogP contribution in [0.15, 0.2) is 18.3 Å². The number of ether oxygens (including phenoxy) is 2. The molecule has 0 N–H and O–H groups in total. The smallest absolute Gasteiger partial charge is 0.422 e. The fourth-order valence-corrected chi connectivity index (χ4v) is 3.08. The lowest BCUT2D eigenvalue weighted by Gasteiger charge is -2.35. The first-order valence-electron chi connectivity index (χ1n) is 9.35. The molecule has 0 bridgehead atoms. The van der Waals surface area contributed by atoms with Gasteiger partial charge in [-0.15, -0.1) is 0 Å². The summed E-state index contributed by atoms with van der Waals surface area (Å²) in [4.78, 5) is 45.3. The number of hydrogen-bond donors (Lipinski definition) is 0. The van der Waals surface area contributed by atoms with Crippen molar-refractivity contribution in [2.45, 2.75) is 6.18 Å². The van der Waals surface area contributed by atoms with Gasteiger partial charge in [0.05, 0.1) is 18.8 Å². The molecule has 0 atom stereocenters. The largest absolute Gasteiger partial charge is 0.468 e. The van der Waals surface area contributed by atoms with Crippen molar-refractivity contribution in [2.24, 2.45) is 0 Å². The maximum Gasteiger partial charge on any atom is 0.422 e. The van der Waals surface area contributed by atoms with E-state index in [2.05, 4.69) is 9.72 Å². The minimum Gasteiger partial charge on any atom is -0.468 e. The van der Waals surface area contributed by atoms with Crippen molar-refractivity contribution in [1.29, 1.82) is 0 Å². The van der Waals surface area contributed by atoms with Crippen LogP contribution < -0.4 is 4.74 Å². The third-order valence-corrected chi connectivity index (χ3v) is 4.70. The maximum absolute atomic E-state index is 12.6. The van der Waals surface area contributed by atoms with E-state index in [9.17, 15) is 27.6 Å². The SMILES string of the molecule is O=C(C(=O)N1CCN(C(=O)c2ccc(OCC(F)(F)F)nc2)CC1)N1CCOCC1. The molecule has 0 aliphatic carbocycles. The Bertz CT molecular complexity index is 773. The molecule has 0 unspecified atom stereocenters. The minimum atomic E-state index is -4.48. The van der Waals surface area contributed by atoms with Crippen LogP contribution in [0.25, 0.3) is 0 Å². The molecular weight excluding hydrogens is 409 g/mol. The lowest BCUT2D eigenvalue weighted by atomic mass is 10.2. The number of piperazine rings is 1. The number of carbonyl (C=O) groups is 3. The van der Waals surface area contributed by atoms with Crippen LogP contribution >= 0.6 is 0 Å². The quantitative estimate of drug-likeness (QED) is 0.635. The van der Waals surface area contributed by atoms with Gasteiger partial charge in [0, 0.05) is 51.5 Å². The average molecular weight is 430 g/mol. The molecule has 12 heteroatoms. The number of nitrogens with zero attached hydrogens (tertiary/aromatic N) is 4. The summed E-state index contributed by atoms with van der Waals surface area (Å²) in [6.45, 7) is 0.955. The number of halogens is 3. The standard InChI is InChI=1S/C18H21F3N4O5/c19-18(20,21)12-30-14-2-1-13(11-22-14)15(26)23-3-5-24(6-4-23)16(27)17(28)25-7-9-29-10-8-25/h1-2,11H,3-10,12H2. The Morgan fingerprint density at radius 3 is 2.03 bits per heavy atom. The normalized spacial score (nSPS) is 17.6. The third kappa shape index (κ3) is 5.59. The predicted molar refractivity (Wildman–Crippen MR) is 95.7 cm³/mol. The van der Waals surface area contributed by atoms with E-state index in [1.807, 2.05) is 0 Å². The van der Waals surface area contributed by atoms with Gasteiger partial charge in [0.2, 0.25) is 5.88 Å². The lowest BCUT2D eigenvalue weighted by Crippen LogP contribution is -2.55. The van der Waals surface area contributed by atoms with Crippen LogP contribution in [0.5, 0.6) is 5.88 Å². The van der Waals surface area contributed by atoms with E-state index in [4.69, 9.17) is 4.74 Å². The first-order chi connectivity index (χ1) is 14.2. The molecule has 2 aliphatic rings. The predicted octanol–water partition coefficient (Wildman–Crippen LogP) is 0.166. The molecule has 0 radical (unpaired) electrons. The number of rotatable bonds is 3. The van der Waals surface area contributed by atoms with Gasteiger partial charge in [-0.3, -0.25) is 14.4 Å². The molecule has 9 nitrogen and oxygen atoms in total. The summed E-state index contributed by atoms with van der Waals surface area (Å²) in [6, 6.07) is 2.53. The van der Waals surface area contributed by atoms with Gasteiger partial charge in [-0.05, 0) is 6.07 Å². The Kier molecular flexibility index (Phi) is 6.75. The van der Waals surface area contributed by atoms with E-state index in [1.165, 1.54) is 26.8 Å². The number of pyridine rings is 1. The highest BCUT2D eigenvalue weighted by molar-refractivity contribution is 6.34. The van der Waals surface area contributed by atoms with Gasteiger partial charge in [-0.25, -0.2) is 4.98 Å². The molecular formula is C18H21F3N4O5. The van der Waals surface area contributed by atoms with Crippen molar-refractivity contribution in [1.82, 2.24) is 19.7 Å². The summed E-state index contributed by atoms with van der Waals surface area (Å²) in [7, 11) is 0. The van der Waals surface area contributed by atoms with E-state index < -0.39 is 24.6 Å². The maximum atomic E-state index is 12.6. The van der Waals surface area contributed by atoms with Crippen LogP contribution in [-0.2, 0) is 14.3 Å². The van der Waals surface area contributed by atoms with E-state index in [-0.39, 0.29) is 43.5 Å². The molecule has 0 spiro atoms. The number of hydrogen-bond acceptors (Lipinski definition) is 6. The summed E-state index contributed by atoms with van der Waals surface area (Å²) in [5.74, 6) is -1.77. The highest BCUT2D eigenvalue weighted by atomic mass is 19.4. The van der Waals surface area contributed by atoms with Crippen molar-refractivity contribution in [3.8, 4) is 5.88 Å². The minimum absolute atomic E-state index is 0.193. The van der Waals surface area contributed by atoms with Crippen LogP contribution in [0, 0.1) is 0 Å². The van der Waals surface area contributed by atoms with Crippen molar-refractivity contribution in [3.05, 3.63) is 23.9 Å². The van der Waals surface area contributed by atoms with Gasteiger partial charge in [0.1, 0.15) is 0 Å². The van der Waals surface area contributed by atoms with Crippen LogP contribution in [0.2, 0.25) is 0 Å². The zero-order valence-electron chi connectivity index (χ0n) is 16.1. The molecule has 164 valence electrons. The second-order valence-electron chi connectivity index (χ2n) is 6.78. The molecule has 1 aromatic rings. The summed E-state index contributed by atoms with van der Waals surface area (Å²) in [5.41, 5.74) is 0.193. The number of amides is 3. The topological polar surface area (TPSA) is 92.3 Å². The van der Waals surface area contributed by atoms with Gasteiger partial charge < -0.3 is 24.2 Å². The van der Waals surface area contributed by atoms with Gasteiger partial charge in [0.25, 0.3) is 5.91 Å². The van der Waals surface area contributed by atoms with Gasteiger partial charge in [-0.1, -0.05) is 0 Å². The summed E-state index contributed by atoms with van der Waals surface area (Å²) in [6.07, 6.45) is -3.33. The van der Waals surface area contributed by atoms with Crippen LogP contribution in [0.1, 0.15) is 10.4 Å². The van der Waals surface area contributed by atoms with Crippen molar-refractivity contribution in [2.75, 3.05) is 59.1 Å². The van der Waals surface area contributed by atoms with Gasteiger partial charge in [0.15, 0.2) is 6.61 Å². The molecule has 0 aromatic carbocycles. The van der Waals surface area contributed by atoms with Crippen molar-refractivity contribution in [3.63, 3.8) is 0 Å². The number of morpholine rings is 1. The Hall–Kier alpha value is -2.89. The number of carbonyl (C=O) groups excluding carboxylic acids is 3. The molecule has 3 rings (SSSR count). The molecule has 2 saturated heterocycles. The Balaban J connectivity index is 1.50. The van der Waals surface area contributed by atoms with E-state index >= 15 is 0 Å². The fourth-order valence-electron chi connectivity index (χ4n) is 3.08. The molecule has 0 saturated carbocycles. The Labute approximate surface area is 170 Å². The third-order valence-electron chi connectivity index (χ3n) is 4.70. The zero-order valence-corrected chi connectivity index (χ0v) is 16.1. The number of aromatic nitrogens is 1. The highest BCUT2D eigenvalue weighted by Gasteiger charge is 2.32. The second kappa shape index (κ2) is 9.28. The van der Waals surface area contributed by atoms with Crippen molar-refractivity contribution < 1.29 is 37.0 Å². The molecule has 3 amide bonds. The number of alkyl halides is 3. The Morgan fingerprint density at radius 1 is 0.933 bits per heavy atom.